The smallest absolute Gasteiger partial charge is 0.410 e. The van der Waals surface area contributed by atoms with Crippen molar-refractivity contribution >= 4 is 29.3 Å². The molecule has 1 aliphatic heterocycles. The number of nitrogens with zero attached hydrogens (tertiary/aromatic N) is 2. The van der Waals surface area contributed by atoms with E-state index < -0.39 is 11.7 Å². The number of rotatable bonds is 3. The van der Waals surface area contributed by atoms with E-state index in [1.807, 2.05) is 26.8 Å². The second-order valence-electron chi connectivity index (χ2n) is 10.8. The number of likely N-dealkylation sites (tertiary alicyclic amines) is 1. The standard InChI is InChI=1S/C25H30Cl2N2O4/c1-24(2,3)32-23(31)29-11-9-25(10-12-29)13-17(30)20(25)19-21(28-33-22(19)14-7-8-14)18-15(26)5-4-6-16(18)27/h4-6,14,17,20,30H,7-13H2,1-3H3. The molecule has 5 rings (SSSR count). The number of benzene rings is 1. The molecule has 2 unspecified atom stereocenters. The highest BCUT2D eigenvalue weighted by Gasteiger charge is 2.58. The minimum atomic E-state index is -0.522. The first-order valence-electron chi connectivity index (χ1n) is 11.7. The SMILES string of the molecule is CC(C)(C)OC(=O)N1CCC2(CC1)CC(O)C2c1c(-c2c(Cl)cccc2Cl)noc1C1CC1. The Kier molecular flexibility index (Phi) is 5.70. The molecule has 8 heteroatoms. The zero-order valence-electron chi connectivity index (χ0n) is 19.2. The van der Waals surface area contributed by atoms with Crippen LogP contribution in [0.5, 0.6) is 0 Å². The molecule has 2 aliphatic carbocycles. The topological polar surface area (TPSA) is 75.8 Å². The molecule has 1 aromatic carbocycles. The molecule has 2 heterocycles. The Morgan fingerprint density at radius 3 is 2.39 bits per heavy atom. The first kappa shape index (κ1) is 23.0. The van der Waals surface area contributed by atoms with Gasteiger partial charge in [0.1, 0.15) is 17.1 Å². The molecule has 33 heavy (non-hydrogen) atoms. The largest absolute Gasteiger partial charge is 0.444 e. The van der Waals surface area contributed by atoms with Crippen molar-refractivity contribution in [3.05, 3.63) is 39.6 Å². The lowest BCUT2D eigenvalue weighted by atomic mass is 9.51. The summed E-state index contributed by atoms with van der Waals surface area (Å²) in [6.45, 7) is 6.83. The van der Waals surface area contributed by atoms with Gasteiger partial charge in [-0.2, -0.15) is 0 Å². The number of amides is 1. The van der Waals surface area contributed by atoms with Crippen molar-refractivity contribution in [2.75, 3.05) is 13.1 Å². The van der Waals surface area contributed by atoms with E-state index in [2.05, 4.69) is 5.16 Å². The van der Waals surface area contributed by atoms with Gasteiger partial charge in [-0.3, -0.25) is 0 Å². The van der Waals surface area contributed by atoms with Crippen LogP contribution in [0.15, 0.2) is 22.7 Å². The zero-order valence-corrected chi connectivity index (χ0v) is 20.7. The normalized spacial score (nSPS) is 24.6. The van der Waals surface area contributed by atoms with Crippen LogP contribution in [0.3, 0.4) is 0 Å². The van der Waals surface area contributed by atoms with Gasteiger partial charge in [-0.05, 0) is 70.4 Å². The molecule has 2 atom stereocenters. The van der Waals surface area contributed by atoms with E-state index in [9.17, 15) is 9.90 Å². The third kappa shape index (κ3) is 4.15. The molecule has 3 fully saturated rings. The lowest BCUT2D eigenvalue weighted by Gasteiger charge is -2.56. The van der Waals surface area contributed by atoms with Crippen molar-refractivity contribution in [3.63, 3.8) is 0 Å². The van der Waals surface area contributed by atoms with Gasteiger partial charge in [0, 0.05) is 36.1 Å². The fourth-order valence-electron chi connectivity index (χ4n) is 5.54. The van der Waals surface area contributed by atoms with Crippen molar-refractivity contribution in [2.45, 2.75) is 76.4 Å². The van der Waals surface area contributed by atoms with E-state index in [1.165, 1.54) is 0 Å². The number of hydrogen-bond acceptors (Lipinski definition) is 5. The van der Waals surface area contributed by atoms with Crippen LogP contribution in [0.25, 0.3) is 11.3 Å². The maximum absolute atomic E-state index is 12.6. The Hall–Kier alpha value is -1.76. The number of carbonyl (C=O) groups excluding carboxylic acids is 1. The molecule has 1 saturated heterocycles. The predicted octanol–water partition coefficient (Wildman–Crippen LogP) is 6.39. The molecule has 1 N–H and O–H groups in total. The van der Waals surface area contributed by atoms with Crippen molar-refractivity contribution in [3.8, 4) is 11.3 Å². The van der Waals surface area contributed by atoms with Crippen LogP contribution < -0.4 is 0 Å². The summed E-state index contributed by atoms with van der Waals surface area (Å²) in [6.07, 6.45) is 3.62. The molecule has 6 nitrogen and oxygen atoms in total. The highest BCUT2D eigenvalue weighted by Crippen LogP contribution is 2.62. The molecule has 178 valence electrons. The summed E-state index contributed by atoms with van der Waals surface area (Å²) in [4.78, 5) is 14.3. The molecule has 3 aliphatic rings. The Morgan fingerprint density at radius 2 is 1.85 bits per heavy atom. The van der Waals surface area contributed by atoms with Gasteiger partial charge in [0.15, 0.2) is 0 Å². The number of aromatic nitrogens is 1. The second-order valence-corrected chi connectivity index (χ2v) is 11.6. The first-order valence-corrected chi connectivity index (χ1v) is 12.4. The summed E-state index contributed by atoms with van der Waals surface area (Å²) < 4.78 is 11.4. The number of aliphatic hydroxyl groups is 1. The van der Waals surface area contributed by atoms with Crippen LogP contribution in [-0.4, -0.2) is 46.1 Å². The molecule has 0 bridgehead atoms. The number of halogens is 2. The van der Waals surface area contributed by atoms with Gasteiger partial charge in [0.05, 0.1) is 16.1 Å². The minimum Gasteiger partial charge on any atom is -0.444 e. The molecule has 2 saturated carbocycles. The average Bonchev–Trinajstić information content (AvgIpc) is 3.49. The molecule has 1 aromatic heterocycles. The highest BCUT2D eigenvalue weighted by molar-refractivity contribution is 6.39. The van der Waals surface area contributed by atoms with E-state index >= 15 is 0 Å². The Balaban J connectivity index is 1.46. The zero-order chi connectivity index (χ0) is 23.5. The van der Waals surface area contributed by atoms with Gasteiger partial charge >= 0.3 is 6.09 Å². The van der Waals surface area contributed by atoms with Gasteiger partial charge in [-0.15, -0.1) is 0 Å². The van der Waals surface area contributed by atoms with E-state index in [-0.39, 0.29) is 17.4 Å². The molecular weight excluding hydrogens is 463 g/mol. The van der Waals surface area contributed by atoms with Crippen molar-refractivity contribution in [2.24, 2.45) is 5.41 Å². The van der Waals surface area contributed by atoms with Crippen LogP contribution in [-0.2, 0) is 4.74 Å². The number of ether oxygens (including phenoxy) is 1. The fraction of sp³-hybridized carbons (Fsp3) is 0.600. The predicted molar refractivity (Wildman–Crippen MR) is 127 cm³/mol. The van der Waals surface area contributed by atoms with Crippen molar-refractivity contribution in [1.29, 1.82) is 0 Å². The maximum Gasteiger partial charge on any atom is 0.410 e. The molecule has 1 amide bonds. The Bertz CT molecular complexity index is 1040. The van der Waals surface area contributed by atoms with E-state index in [4.69, 9.17) is 32.5 Å². The molecular formula is C25H30Cl2N2O4. The summed E-state index contributed by atoms with van der Waals surface area (Å²) in [7, 11) is 0. The van der Waals surface area contributed by atoms with Gasteiger partial charge in [-0.1, -0.05) is 34.4 Å². The highest BCUT2D eigenvalue weighted by atomic mass is 35.5. The first-order chi connectivity index (χ1) is 15.6. The lowest BCUT2D eigenvalue weighted by molar-refractivity contribution is -0.0960. The van der Waals surface area contributed by atoms with Crippen LogP contribution in [0.2, 0.25) is 10.0 Å². The maximum atomic E-state index is 12.6. The lowest BCUT2D eigenvalue weighted by Crippen LogP contribution is -2.56. The van der Waals surface area contributed by atoms with Crippen LogP contribution in [0, 0.1) is 5.41 Å². The summed E-state index contributed by atoms with van der Waals surface area (Å²) in [5.74, 6) is 1.07. The van der Waals surface area contributed by atoms with Gasteiger partial charge in [0.25, 0.3) is 0 Å². The number of piperidine rings is 1. The Labute approximate surface area is 204 Å². The molecule has 1 spiro atoms. The third-order valence-electron chi connectivity index (χ3n) is 7.29. The molecule has 0 radical (unpaired) electrons. The quantitative estimate of drug-likeness (QED) is 0.536. The summed E-state index contributed by atoms with van der Waals surface area (Å²) in [5, 5.41) is 16.5. The van der Waals surface area contributed by atoms with E-state index in [0.29, 0.717) is 46.7 Å². The van der Waals surface area contributed by atoms with E-state index in [1.54, 1.807) is 17.0 Å². The van der Waals surface area contributed by atoms with Crippen LogP contribution in [0.4, 0.5) is 4.79 Å². The van der Waals surface area contributed by atoms with Crippen molar-refractivity contribution < 1.29 is 19.2 Å². The number of aliphatic hydroxyl groups excluding tert-OH is 1. The van der Waals surface area contributed by atoms with E-state index in [0.717, 1.165) is 37.0 Å². The van der Waals surface area contributed by atoms with Gasteiger partial charge in [0.2, 0.25) is 0 Å². The molecule has 2 aromatic rings. The minimum absolute atomic E-state index is 0.115. The average molecular weight is 493 g/mol. The Morgan fingerprint density at radius 1 is 1.21 bits per heavy atom. The van der Waals surface area contributed by atoms with Crippen molar-refractivity contribution in [1.82, 2.24) is 10.1 Å². The fourth-order valence-corrected chi connectivity index (χ4v) is 6.11. The summed E-state index contributed by atoms with van der Waals surface area (Å²) in [5.41, 5.74) is 1.62. The number of hydrogen-bond donors (Lipinski definition) is 1. The second kappa shape index (κ2) is 8.17. The number of carbonyl (C=O) groups is 1. The summed E-state index contributed by atoms with van der Waals surface area (Å²) >= 11 is 13.1. The summed E-state index contributed by atoms with van der Waals surface area (Å²) in [6, 6.07) is 5.40. The third-order valence-corrected chi connectivity index (χ3v) is 7.92. The monoisotopic (exact) mass is 492 g/mol. The van der Waals surface area contributed by atoms with Crippen LogP contribution in [0.1, 0.15) is 76.0 Å². The van der Waals surface area contributed by atoms with Crippen LogP contribution >= 0.6 is 23.2 Å². The van der Waals surface area contributed by atoms with Gasteiger partial charge in [-0.25, -0.2) is 4.79 Å². The van der Waals surface area contributed by atoms with Gasteiger partial charge < -0.3 is 19.3 Å².